The standard InChI is InChI=1S/C13H14ClFN2/c14-7-12-16-13-10(15)5-2-6-11(13)17(12)8-9-3-1-4-9/h2,5-6,9H,1,3-4,7-8H2. The van der Waals surface area contributed by atoms with Crippen LogP contribution in [0.5, 0.6) is 0 Å². The predicted molar refractivity (Wildman–Crippen MR) is 66.6 cm³/mol. The van der Waals surface area contributed by atoms with Gasteiger partial charge >= 0.3 is 0 Å². The minimum absolute atomic E-state index is 0.263. The third kappa shape index (κ3) is 1.82. The number of alkyl halides is 1. The first kappa shape index (κ1) is 11.0. The molecule has 0 N–H and O–H groups in total. The van der Waals surface area contributed by atoms with Crippen molar-refractivity contribution in [2.45, 2.75) is 31.7 Å². The fourth-order valence-electron chi connectivity index (χ4n) is 2.40. The average Bonchev–Trinajstić information content (AvgIpc) is 2.63. The summed E-state index contributed by atoms with van der Waals surface area (Å²) >= 11 is 5.89. The zero-order valence-corrected chi connectivity index (χ0v) is 10.3. The Morgan fingerprint density at radius 2 is 2.24 bits per heavy atom. The maximum atomic E-state index is 13.6. The van der Waals surface area contributed by atoms with Crippen LogP contribution in [0.4, 0.5) is 4.39 Å². The first-order valence-corrected chi connectivity index (χ1v) is 6.52. The lowest BCUT2D eigenvalue weighted by Crippen LogP contribution is -2.19. The zero-order chi connectivity index (χ0) is 11.8. The summed E-state index contributed by atoms with van der Waals surface area (Å²) in [6.07, 6.45) is 3.83. The van der Waals surface area contributed by atoms with Crippen molar-refractivity contribution in [1.82, 2.24) is 9.55 Å². The van der Waals surface area contributed by atoms with Crippen LogP contribution in [0.15, 0.2) is 18.2 Å². The molecule has 17 heavy (non-hydrogen) atoms. The van der Waals surface area contributed by atoms with Crippen molar-refractivity contribution < 1.29 is 4.39 Å². The number of halogens is 2. The second-order valence-electron chi connectivity index (χ2n) is 4.68. The second kappa shape index (κ2) is 4.30. The molecule has 1 aliphatic carbocycles. The third-order valence-electron chi connectivity index (χ3n) is 3.59. The highest BCUT2D eigenvalue weighted by molar-refractivity contribution is 6.16. The van der Waals surface area contributed by atoms with E-state index in [1.54, 1.807) is 6.07 Å². The van der Waals surface area contributed by atoms with E-state index >= 15 is 0 Å². The Hall–Kier alpha value is -1.09. The van der Waals surface area contributed by atoms with Gasteiger partial charge in [-0.25, -0.2) is 9.37 Å². The molecule has 1 aliphatic rings. The summed E-state index contributed by atoms with van der Waals surface area (Å²) < 4.78 is 15.7. The van der Waals surface area contributed by atoms with E-state index in [0.29, 0.717) is 17.3 Å². The van der Waals surface area contributed by atoms with Crippen LogP contribution >= 0.6 is 11.6 Å². The summed E-state index contributed by atoms with van der Waals surface area (Å²) in [5.74, 6) is 1.55. The van der Waals surface area contributed by atoms with E-state index in [1.165, 1.54) is 25.3 Å². The highest BCUT2D eigenvalue weighted by Crippen LogP contribution is 2.30. The summed E-state index contributed by atoms with van der Waals surface area (Å²) in [4.78, 5) is 4.30. The molecule has 2 nitrogen and oxygen atoms in total. The largest absolute Gasteiger partial charge is 0.327 e. The molecule has 1 aromatic heterocycles. The Morgan fingerprint density at radius 1 is 1.41 bits per heavy atom. The fourth-order valence-corrected chi connectivity index (χ4v) is 2.60. The van der Waals surface area contributed by atoms with Crippen LogP contribution in [0, 0.1) is 11.7 Å². The minimum atomic E-state index is -0.263. The first-order chi connectivity index (χ1) is 8.29. The van der Waals surface area contributed by atoms with Crippen molar-refractivity contribution in [3.05, 3.63) is 29.8 Å². The number of nitrogens with zero attached hydrogens (tertiary/aromatic N) is 2. The molecular formula is C13H14ClFN2. The van der Waals surface area contributed by atoms with Gasteiger partial charge in [0.2, 0.25) is 0 Å². The summed E-state index contributed by atoms with van der Waals surface area (Å²) in [5.41, 5.74) is 1.31. The Labute approximate surface area is 104 Å². The van der Waals surface area contributed by atoms with Crippen molar-refractivity contribution >= 4 is 22.6 Å². The van der Waals surface area contributed by atoms with Crippen molar-refractivity contribution in [1.29, 1.82) is 0 Å². The highest BCUT2D eigenvalue weighted by Gasteiger charge is 2.21. The zero-order valence-electron chi connectivity index (χ0n) is 9.50. The number of fused-ring (bicyclic) bond motifs is 1. The first-order valence-electron chi connectivity index (χ1n) is 5.99. The lowest BCUT2D eigenvalue weighted by molar-refractivity contribution is 0.277. The van der Waals surface area contributed by atoms with Crippen LogP contribution < -0.4 is 0 Å². The SMILES string of the molecule is Fc1cccc2c1nc(CCl)n2CC1CCC1. The molecule has 1 aromatic carbocycles. The van der Waals surface area contributed by atoms with Crippen LogP contribution in [0.3, 0.4) is 0 Å². The molecular weight excluding hydrogens is 239 g/mol. The minimum Gasteiger partial charge on any atom is -0.327 e. The van der Waals surface area contributed by atoms with Gasteiger partial charge in [-0.1, -0.05) is 12.5 Å². The summed E-state index contributed by atoms with van der Waals surface area (Å²) in [6, 6.07) is 5.09. The van der Waals surface area contributed by atoms with E-state index in [1.807, 2.05) is 6.07 Å². The number of para-hydroxylation sites is 1. The molecule has 0 unspecified atom stereocenters. The van der Waals surface area contributed by atoms with Gasteiger partial charge in [0.05, 0.1) is 11.4 Å². The monoisotopic (exact) mass is 252 g/mol. The molecule has 1 heterocycles. The van der Waals surface area contributed by atoms with E-state index < -0.39 is 0 Å². The van der Waals surface area contributed by atoms with Gasteiger partial charge in [-0.2, -0.15) is 0 Å². The maximum absolute atomic E-state index is 13.6. The number of hydrogen-bond donors (Lipinski definition) is 0. The molecule has 3 rings (SSSR count). The topological polar surface area (TPSA) is 17.8 Å². The Balaban J connectivity index is 2.09. The fraction of sp³-hybridized carbons (Fsp3) is 0.462. The number of imidazole rings is 1. The quantitative estimate of drug-likeness (QED) is 0.762. The van der Waals surface area contributed by atoms with Crippen LogP contribution in [0.25, 0.3) is 11.0 Å². The van der Waals surface area contributed by atoms with Gasteiger partial charge < -0.3 is 4.57 Å². The van der Waals surface area contributed by atoms with Crippen molar-refractivity contribution in [2.24, 2.45) is 5.92 Å². The second-order valence-corrected chi connectivity index (χ2v) is 4.94. The maximum Gasteiger partial charge on any atom is 0.151 e. The molecule has 90 valence electrons. The van der Waals surface area contributed by atoms with Crippen LogP contribution in [0.2, 0.25) is 0 Å². The van der Waals surface area contributed by atoms with Gasteiger partial charge in [0.25, 0.3) is 0 Å². The smallest absolute Gasteiger partial charge is 0.151 e. The molecule has 0 saturated heterocycles. The van der Waals surface area contributed by atoms with Gasteiger partial charge in [-0.05, 0) is 30.9 Å². The molecule has 1 saturated carbocycles. The molecule has 0 aliphatic heterocycles. The Bertz CT molecular complexity index is 546. The highest BCUT2D eigenvalue weighted by atomic mass is 35.5. The Kier molecular flexibility index (Phi) is 2.79. The molecule has 0 amide bonds. The number of hydrogen-bond acceptors (Lipinski definition) is 1. The van der Waals surface area contributed by atoms with Gasteiger partial charge in [0.15, 0.2) is 5.82 Å². The molecule has 0 bridgehead atoms. The van der Waals surface area contributed by atoms with E-state index in [2.05, 4.69) is 9.55 Å². The molecule has 0 atom stereocenters. The van der Waals surface area contributed by atoms with Crippen molar-refractivity contribution in [3.8, 4) is 0 Å². The predicted octanol–water partition coefficient (Wildman–Crippen LogP) is 3.71. The van der Waals surface area contributed by atoms with Crippen LogP contribution in [-0.4, -0.2) is 9.55 Å². The summed E-state index contributed by atoms with van der Waals surface area (Å²) in [7, 11) is 0. The average molecular weight is 253 g/mol. The molecule has 2 aromatic rings. The molecule has 4 heteroatoms. The lowest BCUT2D eigenvalue weighted by atomic mass is 9.85. The van der Waals surface area contributed by atoms with E-state index in [4.69, 9.17) is 11.6 Å². The summed E-state index contributed by atoms with van der Waals surface area (Å²) in [6.45, 7) is 0.919. The van der Waals surface area contributed by atoms with Gasteiger partial charge in [-0.15, -0.1) is 11.6 Å². The van der Waals surface area contributed by atoms with Crippen LogP contribution in [0.1, 0.15) is 25.1 Å². The molecule has 0 spiro atoms. The van der Waals surface area contributed by atoms with E-state index in [0.717, 1.165) is 17.9 Å². The van der Waals surface area contributed by atoms with Crippen LogP contribution in [-0.2, 0) is 12.4 Å². The van der Waals surface area contributed by atoms with E-state index in [9.17, 15) is 4.39 Å². The third-order valence-corrected chi connectivity index (χ3v) is 3.83. The van der Waals surface area contributed by atoms with E-state index in [-0.39, 0.29) is 5.82 Å². The van der Waals surface area contributed by atoms with Gasteiger partial charge in [0.1, 0.15) is 11.3 Å². The van der Waals surface area contributed by atoms with Crippen molar-refractivity contribution in [2.75, 3.05) is 0 Å². The van der Waals surface area contributed by atoms with Crippen molar-refractivity contribution in [3.63, 3.8) is 0 Å². The Morgan fingerprint density at radius 3 is 2.88 bits per heavy atom. The summed E-state index contributed by atoms with van der Waals surface area (Å²) in [5, 5.41) is 0. The number of aromatic nitrogens is 2. The molecule has 0 radical (unpaired) electrons. The normalized spacial score (nSPS) is 16.4. The number of benzene rings is 1. The number of rotatable bonds is 3. The lowest BCUT2D eigenvalue weighted by Gasteiger charge is -2.26. The van der Waals surface area contributed by atoms with Gasteiger partial charge in [-0.3, -0.25) is 0 Å². The molecule has 1 fully saturated rings. The van der Waals surface area contributed by atoms with Gasteiger partial charge in [0, 0.05) is 6.54 Å².